The van der Waals surface area contributed by atoms with Gasteiger partial charge in [-0.1, -0.05) is 39.2 Å². The monoisotopic (exact) mass is 658 g/mol. The number of sulfonamides is 1. The molecule has 2 N–H and O–H groups in total. The first-order valence-electron chi connectivity index (χ1n) is 17.5. The van der Waals surface area contributed by atoms with Crippen LogP contribution in [0.2, 0.25) is 0 Å². The fraction of sp³-hybridized carbons (Fsp3) is 0.568. The second-order valence-corrected chi connectivity index (χ2v) is 16.9. The van der Waals surface area contributed by atoms with Crippen molar-refractivity contribution in [3.8, 4) is 17.0 Å². The Kier molecular flexibility index (Phi) is 7.48. The Morgan fingerprint density at radius 1 is 1.06 bits per heavy atom. The maximum Gasteiger partial charge on any atom is 0.264 e. The van der Waals surface area contributed by atoms with Gasteiger partial charge in [0.15, 0.2) is 0 Å². The van der Waals surface area contributed by atoms with Crippen LogP contribution in [0.4, 0.5) is 0 Å². The first kappa shape index (κ1) is 30.9. The fourth-order valence-electron chi connectivity index (χ4n) is 9.35. The van der Waals surface area contributed by atoms with Gasteiger partial charge in [-0.25, -0.2) is 13.1 Å². The SMILES string of the molecule is COc1ccc2c(c1)C1CC1(C(=O)N1CC3CCC1CN3)Cn1c-2c(C2CCCCC2)c2ccc(C(=O)NS(=O)(=O)CC(C)C)cc21. The number of rotatable bonds is 7. The highest BCUT2D eigenvalue weighted by molar-refractivity contribution is 7.90. The van der Waals surface area contributed by atoms with Crippen LogP contribution in [0, 0.1) is 11.3 Å². The Morgan fingerprint density at radius 3 is 2.55 bits per heavy atom. The van der Waals surface area contributed by atoms with Gasteiger partial charge >= 0.3 is 0 Å². The van der Waals surface area contributed by atoms with E-state index < -0.39 is 21.3 Å². The minimum atomic E-state index is -3.78. The molecule has 9 rings (SSSR count). The highest BCUT2D eigenvalue weighted by atomic mass is 32.2. The molecule has 47 heavy (non-hydrogen) atoms. The Morgan fingerprint density at radius 2 is 1.87 bits per heavy atom. The largest absolute Gasteiger partial charge is 0.497 e. The summed E-state index contributed by atoms with van der Waals surface area (Å²) < 4.78 is 35.9. The molecule has 0 radical (unpaired) electrons. The van der Waals surface area contributed by atoms with Crippen LogP contribution < -0.4 is 14.8 Å². The van der Waals surface area contributed by atoms with Crippen LogP contribution in [0.25, 0.3) is 22.2 Å². The number of nitrogens with one attached hydrogen (secondary N) is 2. The molecule has 2 saturated carbocycles. The number of piperidine rings is 2. The second-order valence-electron chi connectivity index (χ2n) is 15.2. The predicted molar refractivity (Wildman–Crippen MR) is 182 cm³/mol. The average Bonchev–Trinajstić information content (AvgIpc) is 3.74. The summed E-state index contributed by atoms with van der Waals surface area (Å²) >= 11 is 0. The number of nitrogens with zero attached hydrogens (tertiary/aromatic N) is 2. The fourth-order valence-corrected chi connectivity index (χ4v) is 10.7. The summed E-state index contributed by atoms with van der Waals surface area (Å²) in [5, 5.41) is 4.70. The molecule has 5 heterocycles. The summed E-state index contributed by atoms with van der Waals surface area (Å²) in [5.41, 5.74) is 5.40. The zero-order valence-corrected chi connectivity index (χ0v) is 28.5. The number of amides is 2. The van der Waals surface area contributed by atoms with Gasteiger partial charge in [0.2, 0.25) is 15.9 Å². The predicted octanol–water partition coefficient (Wildman–Crippen LogP) is 5.53. The number of fused-ring (bicyclic) bond motifs is 10. The molecule has 250 valence electrons. The van der Waals surface area contributed by atoms with Crippen molar-refractivity contribution in [2.45, 2.75) is 95.7 Å². The van der Waals surface area contributed by atoms with Crippen LogP contribution in [0.15, 0.2) is 36.4 Å². The van der Waals surface area contributed by atoms with Gasteiger partial charge in [0.25, 0.3) is 5.91 Å². The molecule has 5 fully saturated rings. The molecule has 6 aliphatic rings. The number of aromatic nitrogens is 1. The molecule has 1 aromatic heterocycles. The first-order valence-corrected chi connectivity index (χ1v) is 19.2. The van der Waals surface area contributed by atoms with Crippen molar-refractivity contribution in [2.24, 2.45) is 11.3 Å². The minimum absolute atomic E-state index is 0.0790. The highest BCUT2D eigenvalue weighted by Crippen LogP contribution is 2.66. The zero-order valence-electron chi connectivity index (χ0n) is 27.7. The van der Waals surface area contributed by atoms with Gasteiger partial charge in [-0.3, -0.25) is 9.59 Å². The molecule has 4 atom stereocenters. The van der Waals surface area contributed by atoms with E-state index in [9.17, 15) is 18.0 Å². The van der Waals surface area contributed by atoms with Crippen LogP contribution in [0.3, 0.4) is 0 Å². The summed E-state index contributed by atoms with van der Waals surface area (Å²) in [4.78, 5) is 30.4. The van der Waals surface area contributed by atoms with E-state index >= 15 is 0 Å². The summed E-state index contributed by atoms with van der Waals surface area (Å²) in [6, 6.07) is 12.6. The lowest BCUT2D eigenvalue weighted by Crippen LogP contribution is -2.63. The summed E-state index contributed by atoms with van der Waals surface area (Å²) in [6.07, 6.45) is 8.72. The molecule has 2 aromatic carbocycles. The van der Waals surface area contributed by atoms with Crippen molar-refractivity contribution in [3.63, 3.8) is 0 Å². The molecule has 0 spiro atoms. The molecule has 2 amide bonds. The maximum absolute atomic E-state index is 14.8. The van der Waals surface area contributed by atoms with E-state index in [0.717, 1.165) is 73.1 Å². The van der Waals surface area contributed by atoms with E-state index in [4.69, 9.17) is 4.74 Å². The standard InChI is InChI=1S/C37H46N4O5S/c1-22(2)20-47(44,45)39-35(42)24-9-13-29-32(15-24)41-21-37(36(43)40-19-25-10-11-26(40)18-38-25)17-31(37)30-16-27(46-3)12-14-28(30)34(41)33(29)23-7-5-4-6-8-23/h9,12-16,22-23,25-26,31,38H,4-8,10-11,17-21H2,1-3H3,(H,39,42). The molecule has 2 bridgehead atoms. The van der Waals surface area contributed by atoms with Crippen LogP contribution in [0.5, 0.6) is 5.75 Å². The van der Waals surface area contributed by atoms with Crippen LogP contribution in [-0.2, 0) is 21.4 Å². The number of piperazine rings is 1. The van der Waals surface area contributed by atoms with Crippen molar-refractivity contribution in [1.29, 1.82) is 0 Å². The molecule has 2 aliphatic carbocycles. The normalized spacial score (nSPS) is 26.8. The van der Waals surface area contributed by atoms with E-state index in [1.54, 1.807) is 13.2 Å². The zero-order chi connectivity index (χ0) is 32.7. The number of hydrogen-bond acceptors (Lipinski definition) is 6. The maximum atomic E-state index is 14.8. The number of carbonyl (C=O) groups excluding carboxylic acids is 2. The molecule has 9 nitrogen and oxygen atoms in total. The van der Waals surface area contributed by atoms with Crippen molar-refractivity contribution < 1.29 is 22.7 Å². The van der Waals surface area contributed by atoms with E-state index in [-0.39, 0.29) is 29.5 Å². The molecule has 3 aromatic rings. The summed E-state index contributed by atoms with van der Waals surface area (Å²) in [7, 11) is -2.08. The third-order valence-corrected chi connectivity index (χ3v) is 13.2. The Balaban J connectivity index is 1.30. The molecule has 4 unspecified atom stereocenters. The number of carbonyl (C=O) groups is 2. The van der Waals surface area contributed by atoms with Gasteiger partial charge in [0.1, 0.15) is 5.75 Å². The van der Waals surface area contributed by atoms with Crippen molar-refractivity contribution >= 4 is 32.7 Å². The lowest BCUT2D eigenvalue weighted by molar-refractivity contribution is -0.144. The van der Waals surface area contributed by atoms with E-state index in [1.807, 2.05) is 32.0 Å². The molecular weight excluding hydrogens is 612 g/mol. The molecule has 3 saturated heterocycles. The van der Waals surface area contributed by atoms with Crippen LogP contribution in [0.1, 0.15) is 98.5 Å². The Labute approximate surface area is 277 Å². The quantitative estimate of drug-likeness (QED) is 0.346. The summed E-state index contributed by atoms with van der Waals surface area (Å²) in [6.45, 7) is 5.78. The summed E-state index contributed by atoms with van der Waals surface area (Å²) in [5.74, 6) is 0.649. The Bertz CT molecular complexity index is 1870. The second kappa shape index (κ2) is 11.4. The third-order valence-electron chi connectivity index (χ3n) is 11.6. The van der Waals surface area contributed by atoms with Gasteiger partial charge in [0.05, 0.1) is 24.0 Å². The van der Waals surface area contributed by atoms with Gasteiger partial charge < -0.3 is 19.5 Å². The van der Waals surface area contributed by atoms with Gasteiger partial charge in [-0.2, -0.15) is 0 Å². The number of ether oxygens (including phenoxy) is 1. The van der Waals surface area contributed by atoms with E-state index in [2.05, 4.69) is 31.6 Å². The highest BCUT2D eigenvalue weighted by Gasteiger charge is 2.64. The van der Waals surface area contributed by atoms with Crippen molar-refractivity contribution in [2.75, 3.05) is 26.0 Å². The topological polar surface area (TPSA) is 110 Å². The number of methoxy groups -OCH3 is 1. The van der Waals surface area contributed by atoms with Crippen LogP contribution >= 0.6 is 0 Å². The smallest absolute Gasteiger partial charge is 0.264 e. The Hall–Kier alpha value is -3.37. The lowest BCUT2D eigenvalue weighted by atomic mass is 9.81. The van der Waals surface area contributed by atoms with E-state index in [0.29, 0.717) is 24.1 Å². The van der Waals surface area contributed by atoms with Crippen molar-refractivity contribution in [1.82, 2.24) is 19.5 Å². The van der Waals surface area contributed by atoms with Crippen LogP contribution in [-0.4, -0.2) is 67.7 Å². The van der Waals surface area contributed by atoms with Gasteiger partial charge in [0, 0.05) is 59.7 Å². The third kappa shape index (κ3) is 5.17. The molecular formula is C37H46N4O5S. The van der Waals surface area contributed by atoms with Gasteiger partial charge in [-0.05, 0) is 85.4 Å². The minimum Gasteiger partial charge on any atom is -0.497 e. The van der Waals surface area contributed by atoms with Crippen molar-refractivity contribution in [3.05, 3.63) is 53.1 Å². The molecule has 4 aliphatic heterocycles. The number of benzene rings is 2. The first-order chi connectivity index (χ1) is 22.6. The lowest BCUT2D eigenvalue weighted by Gasteiger charge is -2.47. The number of hydrogen-bond donors (Lipinski definition) is 2. The molecule has 10 heteroatoms. The van der Waals surface area contributed by atoms with Gasteiger partial charge in [-0.15, -0.1) is 0 Å². The van der Waals surface area contributed by atoms with E-state index in [1.165, 1.54) is 30.4 Å². The average molecular weight is 659 g/mol.